The Morgan fingerprint density at radius 3 is 1.21 bits per heavy atom. The van der Waals surface area contributed by atoms with Crippen molar-refractivity contribution in [1.82, 2.24) is 30.4 Å². The van der Waals surface area contributed by atoms with Crippen molar-refractivity contribution >= 4 is 0 Å². The molecule has 0 radical (unpaired) electrons. The summed E-state index contributed by atoms with van der Waals surface area (Å²) < 4.78 is 25.9. The second-order valence-electron chi connectivity index (χ2n) is 5.06. The highest BCUT2D eigenvalue weighted by atomic mass is 19.1. The summed E-state index contributed by atoms with van der Waals surface area (Å²) in [7, 11) is 0. The Morgan fingerprint density at radius 1 is 0.500 bits per heavy atom. The Kier molecular flexibility index (Phi) is 3.34. The average Bonchev–Trinajstić information content (AvgIpc) is 3.25. The van der Waals surface area contributed by atoms with E-state index in [4.69, 9.17) is 0 Å². The lowest BCUT2D eigenvalue weighted by molar-refractivity contribution is 0.627. The minimum absolute atomic E-state index is 0.322. The van der Waals surface area contributed by atoms with Gasteiger partial charge in [-0.05, 0) is 48.5 Å². The fraction of sp³-hybridized carbons (Fsp3) is 0. The van der Waals surface area contributed by atoms with E-state index >= 15 is 0 Å². The maximum atomic E-state index is 13.0. The highest BCUT2D eigenvalue weighted by Crippen LogP contribution is 2.20. The highest BCUT2D eigenvalue weighted by molar-refractivity contribution is 5.60. The van der Waals surface area contributed by atoms with E-state index in [9.17, 15) is 8.78 Å². The Balaban J connectivity index is 1.63. The summed E-state index contributed by atoms with van der Waals surface area (Å²) in [5, 5.41) is 16.1. The van der Waals surface area contributed by atoms with Crippen LogP contribution in [-0.2, 0) is 0 Å². The first-order valence-corrected chi connectivity index (χ1v) is 7.07. The van der Waals surface area contributed by atoms with Crippen LogP contribution in [0.2, 0.25) is 0 Å². The van der Waals surface area contributed by atoms with Crippen LogP contribution < -0.4 is 0 Å². The molecule has 0 aliphatic carbocycles. The van der Waals surface area contributed by atoms with E-state index in [1.54, 1.807) is 24.3 Å². The lowest BCUT2D eigenvalue weighted by Gasteiger charge is -1.95. The summed E-state index contributed by atoms with van der Waals surface area (Å²) in [6, 6.07) is 11.8. The number of hydrogen-bond acceptors (Lipinski definition) is 4. The molecule has 4 rings (SSSR count). The van der Waals surface area contributed by atoms with Crippen LogP contribution in [0.1, 0.15) is 0 Å². The summed E-state index contributed by atoms with van der Waals surface area (Å²) in [5.41, 5.74) is 1.40. The molecule has 0 fully saturated rings. The first kappa shape index (κ1) is 14.2. The zero-order valence-electron chi connectivity index (χ0n) is 12.2. The molecule has 2 N–H and O–H groups in total. The second-order valence-corrected chi connectivity index (χ2v) is 5.06. The van der Waals surface area contributed by atoms with Crippen molar-refractivity contribution < 1.29 is 8.78 Å². The SMILES string of the molecule is Fc1ccc(-c2nnc(-c3nnc(-c4ccc(F)cc4)[nH]3)[nH]2)cc1. The molecule has 2 aromatic heterocycles. The number of benzene rings is 2. The molecular weight excluding hydrogens is 314 g/mol. The van der Waals surface area contributed by atoms with Crippen LogP contribution >= 0.6 is 0 Å². The average molecular weight is 324 g/mol. The molecular formula is C16H10F2N6. The van der Waals surface area contributed by atoms with Gasteiger partial charge >= 0.3 is 0 Å². The van der Waals surface area contributed by atoms with Gasteiger partial charge < -0.3 is 9.97 Å². The number of aromatic nitrogens is 6. The molecule has 8 heteroatoms. The number of rotatable bonds is 3. The van der Waals surface area contributed by atoms with Gasteiger partial charge in [-0.1, -0.05) is 0 Å². The van der Waals surface area contributed by atoms with Gasteiger partial charge in [-0.2, -0.15) is 0 Å². The number of nitrogens with zero attached hydrogens (tertiary/aromatic N) is 4. The van der Waals surface area contributed by atoms with Gasteiger partial charge in [0.2, 0.25) is 0 Å². The van der Waals surface area contributed by atoms with E-state index in [2.05, 4.69) is 30.4 Å². The van der Waals surface area contributed by atoms with Gasteiger partial charge in [0.05, 0.1) is 0 Å². The first-order chi connectivity index (χ1) is 11.7. The fourth-order valence-corrected chi connectivity index (χ4v) is 2.21. The van der Waals surface area contributed by atoms with Crippen molar-refractivity contribution in [3.8, 4) is 34.4 Å². The van der Waals surface area contributed by atoms with Crippen LogP contribution in [0.5, 0.6) is 0 Å². The lowest BCUT2D eigenvalue weighted by Crippen LogP contribution is -1.84. The van der Waals surface area contributed by atoms with Crippen LogP contribution in [0.4, 0.5) is 8.78 Å². The molecule has 6 nitrogen and oxygen atoms in total. The molecule has 2 aromatic carbocycles. The molecule has 118 valence electrons. The fourth-order valence-electron chi connectivity index (χ4n) is 2.21. The van der Waals surface area contributed by atoms with E-state index in [1.165, 1.54) is 24.3 Å². The summed E-state index contributed by atoms with van der Waals surface area (Å²) in [5.74, 6) is 1.13. The largest absolute Gasteiger partial charge is 0.318 e. The lowest BCUT2D eigenvalue weighted by atomic mass is 10.2. The predicted octanol–water partition coefficient (Wildman–Crippen LogP) is 3.20. The van der Waals surface area contributed by atoms with Gasteiger partial charge in [-0.3, -0.25) is 0 Å². The van der Waals surface area contributed by atoms with Crippen molar-refractivity contribution in [1.29, 1.82) is 0 Å². The van der Waals surface area contributed by atoms with Crippen molar-refractivity contribution in [2.45, 2.75) is 0 Å². The van der Waals surface area contributed by atoms with E-state index < -0.39 is 0 Å². The Morgan fingerprint density at radius 2 is 0.833 bits per heavy atom. The summed E-state index contributed by atoms with van der Waals surface area (Å²) in [6.45, 7) is 0. The normalized spacial score (nSPS) is 10.9. The van der Waals surface area contributed by atoms with E-state index in [0.717, 1.165) is 0 Å². The molecule has 0 bridgehead atoms. The molecule has 24 heavy (non-hydrogen) atoms. The zero-order valence-corrected chi connectivity index (χ0v) is 12.2. The number of H-pyrrole nitrogens is 2. The van der Waals surface area contributed by atoms with Gasteiger partial charge in [0.1, 0.15) is 11.6 Å². The van der Waals surface area contributed by atoms with E-state index in [-0.39, 0.29) is 11.6 Å². The Labute approximate surface area is 134 Å². The maximum absolute atomic E-state index is 13.0. The topological polar surface area (TPSA) is 83.1 Å². The Hall–Kier alpha value is -3.42. The number of halogens is 2. The number of aromatic amines is 2. The zero-order chi connectivity index (χ0) is 16.5. The molecule has 0 unspecified atom stereocenters. The molecule has 0 saturated carbocycles. The third-order valence-corrected chi connectivity index (χ3v) is 3.43. The van der Waals surface area contributed by atoms with Gasteiger partial charge in [0.15, 0.2) is 23.3 Å². The predicted molar refractivity (Wildman–Crippen MR) is 82.5 cm³/mol. The molecule has 0 saturated heterocycles. The van der Waals surface area contributed by atoms with Crippen LogP contribution in [0, 0.1) is 11.6 Å². The van der Waals surface area contributed by atoms with Crippen LogP contribution in [-0.4, -0.2) is 30.4 Å². The molecule has 0 amide bonds. The molecule has 0 spiro atoms. The standard InChI is InChI=1S/C16H10F2N6/c17-11-5-1-9(2-6-11)13-19-15(23-21-13)16-20-14(22-24-16)10-3-7-12(18)8-4-10/h1-8H,(H,19,21,23)(H,20,22,24). The third kappa shape index (κ3) is 2.65. The number of hydrogen-bond donors (Lipinski definition) is 2. The molecule has 0 aliphatic heterocycles. The van der Waals surface area contributed by atoms with Crippen LogP contribution in [0.15, 0.2) is 48.5 Å². The van der Waals surface area contributed by atoms with Crippen molar-refractivity contribution in [3.05, 3.63) is 60.2 Å². The summed E-state index contributed by atoms with van der Waals surface area (Å²) in [6.07, 6.45) is 0. The van der Waals surface area contributed by atoms with Gasteiger partial charge in [-0.25, -0.2) is 8.78 Å². The summed E-state index contributed by atoms with van der Waals surface area (Å²) >= 11 is 0. The minimum Gasteiger partial charge on any atom is -0.318 e. The minimum atomic E-state index is -0.322. The van der Waals surface area contributed by atoms with E-state index in [1.807, 2.05) is 0 Å². The van der Waals surface area contributed by atoms with Crippen LogP contribution in [0.25, 0.3) is 34.4 Å². The first-order valence-electron chi connectivity index (χ1n) is 7.07. The highest BCUT2D eigenvalue weighted by Gasteiger charge is 2.12. The second kappa shape index (κ2) is 5.65. The molecule has 0 aliphatic rings. The van der Waals surface area contributed by atoms with Crippen molar-refractivity contribution in [2.24, 2.45) is 0 Å². The van der Waals surface area contributed by atoms with Gasteiger partial charge in [-0.15, -0.1) is 20.4 Å². The van der Waals surface area contributed by atoms with Gasteiger partial charge in [0, 0.05) is 11.1 Å². The quantitative estimate of drug-likeness (QED) is 0.606. The molecule has 0 atom stereocenters. The maximum Gasteiger partial charge on any atom is 0.199 e. The van der Waals surface area contributed by atoms with Crippen LogP contribution in [0.3, 0.4) is 0 Å². The smallest absolute Gasteiger partial charge is 0.199 e. The molecule has 2 heterocycles. The Bertz CT molecular complexity index is 891. The van der Waals surface area contributed by atoms with Crippen molar-refractivity contribution in [2.75, 3.05) is 0 Å². The van der Waals surface area contributed by atoms with Gasteiger partial charge in [0.25, 0.3) is 0 Å². The van der Waals surface area contributed by atoms with E-state index in [0.29, 0.717) is 34.4 Å². The number of nitrogens with one attached hydrogen (secondary N) is 2. The summed E-state index contributed by atoms with van der Waals surface area (Å²) in [4.78, 5) is 6.00. The van der Waals surface area contributed by atoms with Crippen molar-refractivity contribution in [3.63, 3.8) is 0 Å². The molecule has 4 aromatic rings. The monoisotopic (exact) mass is 324 g/mol. The third-order valence-electron chi connectivity index (χ3n) is 3.43.